The molecule has 0 bridgehead atoms. The van der Waals surface area contributed by atoms with Crippen LogP contribution in [0.25, 0.3) is 0 Å². The number of hydrogen-bond acceptors (Lipinski definition) is 3. The Bertz CT molecular complexity index is 656. The van der Waals surface area contributed by atoms with Crippen LogP contribution in [-0.2, 0) is 17.6 Å². The van der Waals surface area contributed by atoms with E-state index in [1.54, 1.807) is 0 Å². The summed E-state index contributed by atoms with van der Waals surface area (Å²) in [6, 6.07) is 5.68. The van der Waals surface area contributed by atoms with Crippen LogP contribution in [0.2, 0.25) is 0 Å². The molecule has 2 amide bonds. The number of amides is 2. The van der Waals surface area contributed by atoms with Crippen LogP contribution in [-0.4, -0.2) is 29.7 Å². The first kappa shape index (κ1) is 17.0. The van der Waals surface area contributed by atoms with Gasteiger partial charge in [0.1, 0.15) is 6.23 Å². The molecule has 1 unspecified atom stereocenters. The van der Waals surface area contributed by atoms with Crippen LogP contribution in [0.4, 0.5) is 0 Å². The zero-order valence-electron chi connectivity index (χ0n) is 14.4. The molecule has 0 saturated carbocycles. The van der Waals surface area contributed by atoms with Crippen LogP contribution in [0.5, 0.6) is 0 Å². The summed E-state index contributed by atoms with van der Waals surface area (Å²) in [4.78, 5) is 24.6. The minimum Gasteiger partial charge on any atom is -0.374 e. The molecule has 0 radical (unpaired) electrons. The number of aliphatic hydroxyl groups is 1. The molecule has 130 valence electrons. The van der Waals surface area contributed by atoms with E-state index in [1.165, 1.54) is 5.56 Å². The topological polar surface area (TPSA) is 78.4 Å². The minimum absolute atomic E-state index is 0.148. The highest BCUT2D eigenvalue weighted by atomic mass is 16.3. The fraction of sp³-hybridized carbons (Fsp3) is 0.579. The van der Waals surface area contributed by atoms with Crippen LogP contribution >= 0.6 is 0 Å². The Hall–Kier alpha value is -1.88. The van der Waals surface area contributed by atoms with Gasteiger partial charge < -0.3 is 15.7 Å². The van der Waals surface area contributed by atoms with Gasteiger partial charge in [0.15, 0.2) is 0 Å². The van der Waals surface area contributed by atoms with Crippen LogP contribution < -0.4 is 10.6 Å². The average Bonchev–Trinajstić information content (AvgIpc) is 2.86. The number of fused-ring (bicyclic) bond motifs is 1. The van der Waals surface area contributed by atoms with Gasteiger partial charge in [0.05, 0.1) is 5.41 Å². The largest absolute Gasteiger partial charge is 0.374 e. The Morgan fingerprint density at radius 2 is 2.12 bits per heavy atom. The van der Waals surface area contributed by atoms with Crippen molar-refractivity contribution >= 4 is 11.8 Å². The van der Waals surface area contributed by atoms with Gasteiger partial charge in [-0.25, -0.2) is 0 Å². The molecule has 1 spiro atoms. The maximum atomic E-state index is 12.3. The molecule has 1 fully saturated rings. The zero-order chi connectivity index (χ0) is 17.3. The Morgan fingerprint density at radius 1 is 1.33 bits per heavy atom. The van der Waals surface area contributed by atoms with Crippen LogP contribution in [0, 0.1) is 11.3 Å². The van der Waals surface area contributed by atoms with E-state index in [1.807, 2.05) is 32.0 Å². The van der Waals surface area contributed by atoms with Gasteiger partial charge in [-0.3, -0.25) is 9.59 Å². The predicted octanol–water partition coefficient (Wildman–Crippen LogP) is 1.78. The molecule has 5 nitrogen and oxygen atoms in total. The third-order valence-corrected chi connectivity index (χ3v) is 5.23. The molecular weight excluding hydrogens is 304 g/mol. The van der Waals surface area contributed by atoms with Crippen LogP contribution in [0.15, 0.2) is 18.2 Å². The summed E-state index contributed by atoms with van der Waals surface area (Å²) in [7, 11) is 0. The van der Waals surface area contributed by atoms with Crippen molar-refractivity contribution in [2.75, 3.05) is 6.54 Å². The number of carbonyl (C=O) groups excluding carboxylic acids is 2. The van der Waals surface area contributed by atoms with Gasteiger partial charge >= 0.3 is 0 Å². The van der Waals surface area contributed by atoms with Crippen molar-refractivity contribution in [1.29, 1.82) is 0 Å². The van der Waals surface area contributed by atoms with E-state index in [0.717, 1.165) is 31.4 Å². The molecule has 0 aromatic heterocycles. The predicted molar refractivity (Wildman–Crippen MR) is 91.5 cm³/mol. The zero-order valence-corrected chi connectivity index (χ0v) is 14.4. The summed E-state index contributed by atoms with van der Waals surface area (Å²) in [6.07, 6.45) is 3.02. The second-order valence-corrected chi connectivity index (χ2v) is 7.57. The number of nitrogens with one attached hydrogen (secondary N) is 2. The van der Waals surface area contributed by atoms with Crippen LogP contribution in [0.3, 0.4) is 0 Å². The van der Waals surface area contributed by atoms with Crippen molar-refractivity contribution in [1.82, 2.24) is 10.6 Å². The Balaban J connectivity index is 1.75. The van der Waals surface area contributed by atoms with Gasteiger partial charge in [0.2, 0.25) is 5.91 Å². The summed E-state index contributed by atoms with van der Waals surface area (Å²) in [5.74, 6) is 0.196. The Labute approximate surface area is 142 Å². The molecule has 1 aliphatic carbocycles. The molecule has 1 aromatic rings. The quantitative estimate of drug-likeness (QED) is 0.736. The van der Waals surface area contributed by atoms with Crippen molar-refractivity contribution in [2.45, 2.75) is 52.2 Å². The molecule has 2 aliphatic rings. The van der Waals surface area contributed by atoms with Gasteiger partial charge in [-0.15, -0.1) is 0 Å². The molecule has 1 aromatic carbocycles. The van der Waals surface area contributed by atoms with Gasteiger partial charge in [0.25, 0.3) is 5.91 Å². The summed E-state index contributed by atoms with van der Waals surface area (Å²) in [5.41, 5.74) is 2.56. The number of benzene rings is 1. The van der Waals surface area contributed by atoms with Crippen molar-refractivity contribution < 1.29 is 14.7 Å². The van der Waals surface area contributed by atoms with Gasteiger partial charge in [-0.1, -0.05) is 19.9 Å². The smallest absolute Gasteiger partial charge is 0.253 e. The van der Waals surface area contributed by atoms with Crippen molar-refractivity contribution in [3.05, 3.63) is 34.9 Å². The molecule has 5 heteroatoms. The lowest BCUT2D eigenvalue weighted by Gasteiger charge is -2.32. The first-order valence-electron chi connectivity index (χ1n) is 8.79. The first-order chi connectivity index (χ1) is 11.4. The fourth-order valence-corrected chi connectivity index (χ4v) is 3.87. The van der Waals surface area contributed by atoms with E-state index in [-0.39, 0.29) is 17.2 Å². The standard InChI is InChI=1S/C19H26N2O3/c1-12(2)9-16(22)21-17(23)14-4-3-13-5-6-19(11-15(13)10-14)7-8-20-18(19)24/h3-4,10,12,16,22H,5-9,11H2,1-2H3,(H,20,24)(H,21,23)/t16-,19?/m0/s1. The normalized spacial score (nSPS) is 23.9. The number of carbonyl (C=O) groups is 2. The second-order valence-electron chi connectivity index (χ2n) is 7.57. The molecule has 1 heterocycles. The fourth-order valence-electron chi connectivity index (χ4n) is 3.87. The Kier molecular flexibility index (Phi) is 4.63. The molecule has 1 aliphatic heterocycles. The van der Waals surface area contributed by atoms with Crippen molar-refractivity contribution in [3.8, 4) is 0 Å². The van der Waals surface area contributed by atoms with Gasteiger partial charge in [0, 0.05) is 12.1 Å². The summed E-state index contributed by atoms with van der Waals surface area (Å²) >= 11 is 0. The SMILES string of the molecule is CC(C)C[C@H](O)NC(=O)c1ccc2c(c1)CC1(CCNC1=O)CC2. The summed E-state index contributed by atoms with van der Waals surface area (Å²) in [6.45, 7) is 4.75. The number of rotatable bonds is 4. The number of aryl methyl sites for hydroxylation is 1. The highest BCUT2D eigenvalue weighted by Gasteiger charge is 2.44. The molecule has 1 saturated heterocycles. The van der Waals surface area contributed by atoms with E-state index in [4.69, 9.17) is 0 Å². The number of hydrogen-bond donors (Lipinski definition) is 3. The van der Waals surface area contributed by atoms with E-state index < -0.39 is 6.23 Å². The van der Waals surface area contributed by atoms with Gasteiger partial charge in [-0.2, -0.15) is 0 Å². The average molecular weight is 330 g/mol. The molecule has 3 rings (SSSR count). The third kappa shape index (κ3) is 3.31. The van der Waals surface area contributed by atoms with Crippen molar-refractivity contribution in [3.63, 3.8) is 0 Å². The highest BCUT2D eigenvalue weighted by Crippen LogP contribution is 2.41. The van der Waals surface area contributed by atoms with E-state index in [2.05, 4.69) is 10.6 Å². The second kappa shape index (κ2) is 6.55. The maximum absolute atomic E-state index is 12.3. The minimum atomic E-state index is -0.833. The lowest BCUT2D eigenvalue weighted by atomic mass is 9.70. The third-order valence-electron chi connectivity index (χ3n) is 5.23. The molecule has 2 atom stereocenters. The first-order valence-corrected chi connectivity index (χ1v) is 8.79. The van der Waals surface area contributed by atoms with E-state index >= 15 is 0 Å². The van der Waals surface area contributed by atoms with Crippen molar-refractivity contribution in [2.24, 2.45) is 11.3 Å². The molecule has 3 N–H and O–H groups in total. The summed E-state index contributed by atoms with van der Waals surface area (Å²) < 4.78 is 0. The van der Waals surface area contributed by atoms with E-state index in [9.17, 15) is 14.7 Å². The Morgan fingerprint density at radius 3 is 2.79 bits per heavy atom. The van der Waals surface area contributed by atoms with Gasteiger partial charge in [-0.05, 0) is 61.3 Å². The molecule has 24 heavy (non-hydrogen) atoms. The molecular formula is C19H26N2O3. The maximum Gasteiger partial charge on any atom is 0.253 e. The highest BCUT2D eigenvalue weighted by molar-refractivity contribution is 5.94. The lowest BCUT2D eigenvalue weighted by molar-refractivity contribution is -0.128. The summed E-state index contributed by atoms with van der Waals surface area (Å²) in [5, 5.41) is 15.5. The number of aliphatic hydroxyl groups excluding tert-OH is 1. The van der Waals surface area contributed by atoms with Crippen LogP contribution in [0.1, 0.15) is 54.6 Å². The lowest BCUT2D eigenvalue weighted by Crippen LogP contribution is -2.37. The van der Waals surface area contributed by atoms with E-state index in [0.29, 0.717) is 24.3 Å². The monoisotopic (exact) mass is 330 g/mol.